The molecular weight excluding hydrogens is 230 g/mol. The number of H-pyrrole nitrogens is 1. The van der Waals surface area contributed by atoms with Gasteiger partial charge in [-0.3, -0.25) is 0 Å². The summed E-state index contributed by atoms with van der Waals surface area (Å²) in [4.78, 5) is 20.8. The Labute approximate surface area is 104 Å². The first-order valence-corrected chi connectivity index (χ1v) is 6.20. The average molecular weight is 245 g/mol. The zero-order chi connectivity index (χ0) is 12.5. The normalized spacial score (nSPS) is 20.2. The van der Waals surface area contributed by atoms with Crippen LogP contribution in [0.5, 0.6) is 0 Å². The van der Waals surface area contributed by atoms with E-state index in [2.05, 4.69) is 9.97 Å². The Bertz CT molecular complexity index is 545. The van der Waals surface area contributed by atoms with Crippen LogP contribution in [0.4, 0.5) is 5.95 Å². The maximum Gasteiger partial charge on any atom is 0.326 e. The minimum Gasteiger partial charge on any atom is -0.480 e. The topological polar surface area (TPSA) is 69.2 Å². The summed E-state index contributed by atoms with van der Waals surface area (Å²) >= 11 is 0. The van der Waals surface area contributed by atoms with E-state index in [-0.39, 0.29) is 0 Å². The van der Waals surface area contributed by atoms with Crippen LogP contribution in [0.25, 0.3) is 11.0 Å². The maximum atomic E-state index is 11.3. The molecule has 2 N–H and O–H groups in total. The van der Waals surface area contributed by atoms with Gasteiger partial charge < -0.3 is 15.0 Å². The number of rotatable bonds is 2. The van der Waals surface area contributed by atoms with E-state index in [1.54, 1.807) is 0 Å². The Kier molecular flexibility index (Phi) is 2.66. The molecule has 1 aromatic heterocycles. The third-order valence-corrected chi connectivity index (χ3v) is 3.44. The van der Waals surface area contributed by atoms with Crippen molar-refractivity contribution in [2.45, 2.75) is 25.3 Å². The zero-order valence-electron chi connectivity index (χ0n) is 9.97. The first kappa shape index (κ1) is 11.1. The fourth-order valence-electron chi connectivity index (χ4n) is 2.52. The minimum absolute atomic E-state index is 0.459. The van der Waals surface area contributed by atoms with Gasteiger partial charge in [0, 0.05) is 6.54 Å². The Morgan fingerprint density at radius 2 is 2.22 bits per heavy atom. The highest BCUT2D eigenvalue weighted by atomic mass is 16.4. The van der Waals surface area contributed by atoms with E-state index in [4.69, 9.17) is 0 Å². The predicted octanol–water partition coefficient (Wildman–Crippen LogP) is 2.01. The number of hydrogen-bond acceptors (Lipinski definition) is 3. The lowest BCUT2D eigenvalue weighted by atomic mass is 10.0. The molecule has 1 fully saturated rings. The number of nitrogens with one attached hydrogen (secondary N) is 1. The SMILES string of the molecule is O=C(O)[C@H]1CCCCN1c1nc2ccccc2[nH]1. The van der Waals surface area contributed by atoms with Crippen molar-refractivity contribution in [1.29, 1.82) is 0 Å². The summed E-state index contributed by atoms with van der Waals surface area (Å²) in [5, 5.41) is 9.26. The van der Waals surface area contributed by atoms with Crippen molar-refractivity contribution in [3.63, 3.8) is 0 Å². The standard InChI is InChI=1S/C13H15N3O2/c17-12(18)11-7-3-4-8-16(11)13-14-9-5-1-2-6-10(9)15-13/h1-2,5-6,11H,3-4,7-8H2,(H,14,15)(H,17,18)/t11-/m1/s1. The molecular formula is C13H15N3O2. The second kappa shape index (κ2) is 4.33. The van der Waals surface area contributed by atoms with E-state index < -0.39 is 12.0 Å². The molecule has 1 atom stereocenters. The summed E-state index contributed by atoms with van der Waals surface area (Å²) in [6.45, 7) is 0.747. The van der Waals surface area contributed by atoms with E-state index in [9.17, 15) is 9.90 Å². The number of carboxylic acids is 1. The van der Waals surface area contributed by atoms with E-state index >= 15 is 0 Å². The number of hydrogen-bond donors (Lipinski definition) is 2. The summed E-state index contributed by atoms with van der Waals surface area (Å²) in [6.07, 6.45) is 2.67. The number of anilines is 1. The maximum absolute atomic E-state index is 11.3. The number of aliphatic carboxylic acids is 1. The molecule has 1 saturated heterocycles. The van der Waals surface area contributed by atoms with Crippen molar-refractivity contribution in [2.75, 3.05) is 11.4 Å². The molecule has 1 aliphatic heterocycles. The van der Waals surface area contributed by atoms with Crippen LogP contribution in [0.1, 0.15) is 19.3 Å². The number of carbonyl (C=O) groups is 1. The van der Waals surface area contributed by atoms with Crippen LogP contribution in [-0.2, 0) is 4.79 Å². The first-order valence-electron chi connectivity index (χ1n) is 6.20. The van der Waals surface area contributed by atoms with E-state index in [1.807, 2.05) is 29.2 Å². The second-order valence-electron chi connectivity index (χ2n) is 4.62. The van der Waals surface area contributed by atoms with Gasteiger partial charge in [-0.15, -0.1) is 0 Å². The molecule has 0 spiro atoms. The molecule has 5 heteroatoms. The average Bonchev–Trinajstić information content (AvgIpc) is 2.82. The Morgan fingerprint density at radius 3 is 3.00 bits per heavy atom. The molecule has 1 aromatic carbocycles. The summed E-state index contributed by atoms with van der Waals surface area (Å²) in [5.74, 6) is -0.0987. The third-order valence-electron chi connectivity index (χ3n) is 3.44. The lowest BCUT2D eigenvalue weighted by Crippen LogP contribution is -2.45. The van der Waals surface area contributed by atoms with E-state index in [1.165, 1.54) is 0 Å². The molecule has 2 heterocycles. The number of piperidine rings is 1. The first-order chi connectivity index (χ1) is 8.75. The molecule has 2 aromatic rings. The molecule has 0 radical (unpaired) electrons. The van der Waals surface area contributed by atoms with Crippen LogP contribution >= 0.6 is 0 Å². The lowest BCUT2D eigenvalue weighted by Gasteiger charge is -2.32. The Morgan fingerprint density at radius 1 is 1.39 bits per heavy atom. The highest BCUT2D eigenvalue weighted by Crippen LogP contribution is 2.24. The highest BCUT2D eigenvalue weighted by molar-refractivity contribution is 5.81. The molecule has 0 unspecified atom stereocenters. The molecule has 0 amide bonds. The van der Waals surface area contributed by atoms with Crippen molar-refractivity contribution in [3.05, 3.63) is 24.3 Å². The molecule has 18 heavy (non-hydrogen) atoms. The molecule has 0 bridgehead atoms. The number of benzene rings is 1. The van der Waals surface area contributed by atoms with Gasteiger partial charge in [-0.25, -0.2) is 9.78 Å². The fraction of sp³-hybridized carbons (Fsp3) is 0.385. The molecule has 0 saturated carbocycles. The summed E-state index contributed by atoms with van der Waals surface area (Å²) < 4.78 is 0. The second-order valence-corrected chi connectivity index (χ2v) is 4.62. The molecule has 5 nitrogen and oxygen atoms in total. The van der Waals surface area contributed by atoms with Gasteiger partial charge in [-0.1, -0.05) is 12.1 Å². The highest BCUT2D eigenvalue weighted by Gasteiger charge is 2.30. The van der Waals surface area contributed by atoms with Crippen LogP contribution in [0, 0.1) is 0 Å². The van der Waals surface area contributed by atoms with E-state index in [0.29, 0.717) is 12.4 Å². The fourth-order valence-corrected chi connectivity index (χ4v) is 2.52. The van der Waals surface area contributed by atoms with Crippen LogP contribution in [0.15, 0.2) is 24.3 Å². The summed E-state index contributed by atoms with van der Waals surface area (Å²) in [6, 6.07) is 7.28. The van der Waals surface area contributed by atoms with Gasteiger partial charge in [-0.05, 0) is 31.4 Å². The van der Waals surface area contributed by atoms with Crippen molar-refractivity contribution in [1.82, 2.24) is 9.97 Å². The van der Waals surface area contributed by atoms with Crippen molar-refractivity contribution in [2.24, 2.45) is 0 Å². The van der Waals surface area contributed by atoms with Gasteiger partial charge >= 0.3 is 5.97 Å². The van der Waals surface area contributed by atoms with E-state index in [0.717, 1.165) is 30.4 Å². The van der Waals surface area contributed by atoms with Gasteiger partial charge in [0.05, 0.1) is 11.0 Å². The molecule has 1 aliphatic rings. The molecule has 94 valence electrons. The number of aromatic nitrogens is 2. The van der Waals surface area contributed by atoms with Crippen LogP contribution < -0.4 is 4.90 Å². The Hall–Kier alpha value is -2.04. The van der Waals surface area contributed by atoms with Gasteiger partial charge in [0.1, 0.15) is 6.04 Å². The summed E-state index contributed by atoms with van der Waals surface area (Å²) in [7, 11) is 0. The van der Waals surface area contributed by atoms with Crippen LogP contribution in [0.3, 0.4) is 0 Å². The number of carboxylic acid groups (broad SMARTS) is 1. The van der Waals surface area contributed by atoms with Gasteiger partial charge in [0.25, 0.3) is 0 Å². The van der Waals surface area contributed by atoms with Crippen LogP contribution in [0.2, 0.25) is 0 Å². The number of para-hydroxylation sites is 2. The molecule has 3 rings (SSSR count). The lowest BCUT2D eigenvalue weighted by molar-refractivity contribution is -0.139. The third kappa shape index (κ3) is 1.81. The summed E-state index contributed by atoms with van der Waals surface area (Å²) in [5.41, 5.74) is 1.82. The smallest absolute Gasteiger partial charge is 0.326 e. The van der Waals surface area contributed by atoms with Gasteiger partial charge in [-0.2, -0.15) is 0 Å². The minimum atomic E-state index is -0.768. The number of imidazole rings is 1. The van der Waals surface area contributed by atoms with Crippen molar-refractivity contribution >= 4 is 23.0 Å². The monoisotopic (exact) mass is 245 g/mol. The quantitative estimate of drug-likeness (QED) is 0.849. The van der Waals surface area contributed by atoms with Gasteiger partial charge in [0.2, 0.25) is 5.95 Å². The Balaban J connectivity index is 1.98. The van der Waals surface area contributed by atoms with Crippen molar-refractivity contribution in [3.8, 4) is 0 Å². The van der Waals surface area contributed by atoms with Crippen LogP contribution in [-0.4, -0.2) is 33.6 Å². The number of fused-ring (bicyclic) bond motifs is 1. The number of nitrogens with zero attached hydrogens (tertiary/aromatic N) is 2. The number of aromatic amines is 1. The largest absolute Gasteiger partial charge is 0.480 e. The molecule has 0 aliphatic carbocycles. The predicted molar refractivity (Wildman–Crippen MR) is 68.7 cm³/mol. The van der Waals surface area contributed by atoms with Gasteiger partial charge in [0.15, 0.2) is 0 Å². The zero-order valence-corrected chi connectivity index (χ0v) is 9.97. The van der Waals surface area contributed by atoms with Crippen molar-refractivity contribution < 1.29 is 9.90 Å².